The number of aryl methyl sites for hydroxylation is 1. The molecule has 0 saturated carbocycles. The van der Waals surface area contributed by atoms with E-state index in [9.17, 15) is 14.4 Å². The Morgan fingerprint density at radius 1 is 1.31 bits per heavy atom. The van der Waals surface area contributed by atoms with E-state index in [-0.39, 0.29) is 17.0 Å². The molecule has 2 aliphatic heterocycles. The summed E-state index contributed by atoms with van der Waals surface area (Å²) in [5.74, 6) is -0.518. The third-order valence-electron chi connectivity index (χ3n) is 4.15. The minimum absolute atomic E-state index is 0.181. The summed E-state index contributed by atoms with van der Waals surface area (Å²) in [5, 5.41) is 8.60. The van der Waals surface area contributed by atoms with Gasteiger partial charge in [0.1, 0.15) is 22.1 Å². The molecule has 0 aliphatic carbocycles. The van der Waals surface area contributed by atoms with E-state index >= 15 is 0 Å². The zero-order chi connectivity index (χ0) is 21.3. The fraction of sp³-hybridized carbons (Fsp3) is 0.588. The second-order valence-electron chi connectivity index (χ2n) is 7.49. The van der Waals surface area contributed by atoms with Gasteiger partial charge in [-0.3, -0.25) is 14.5 Å². The van der Waals surface area contributed by atoms with E-state index < -0.39 is 30.2 Å². The van der Waals surface area contributed by atoms with Crippen LogP contribution in [0, 0.1) is 12.3 Å². The van der Waals surface area contributed by atoms with Gasteiger partial charge >= 0.3 is 11.9 Å². The van der Waals surface area contributed by atoms with Crippen LogP contribution in [0.2, 0.25) is 0 Å². The standard InChI is InChI=1S/C17H22N4O5S3/c1-8-19-20-16(29-8)28-6-9-5-27-13-10(18)12(22)21(13)11(9)14(23)25-7-26-15(24)17(2,3)4/h10,13H,5-7,18H2,1-4H3. The quantitative estimate of drug-likeness (QED) is 0.290. The number of β-lactam (4-membered cyclic amide) rings is 1. The number of rotatable bonds is 6. The van der Waals surface area contributed by atoms with Crippen molar-refractivity contribution in [3.63, 3.8) is 0 Å². The highest BCUT2D eigenvalue weighted by atomic mass is 32.2. The highest BCUT2D eigenvalue weighted by molar-refractivity contribution is 8.01. The molecule has 1 fully saturated rings. The van der Waals surface area contributed by atoms with Gasteiger partial charge in [-0.1, -0.05) is 23.1 Å². The Hall–Kier alpha value is -1.63. The summed E-state index contributed by atoms with van der Waals surface area (Å²) in [6, 6.07) is -0.637. The van der Waals surface area contributed by atoms with Crippen LogP contribution in [0.4, 0.5) is 0 Å². The van der Waals surface area contributed by atoms with Crippen LogP contribution in [0.5, 0.6) is 0 Å². The molecule has 2 N–H and O–H groups in total. The van der Waals surface area contributed by atoms with E-state index in [1.807, 2.05) is 6.92 Å². The fourth-order valence-corrected chi connectivity index (χ4v) is 5.83. The predicted octanol–water partition coefficient (Wildman–Crippen LogP) is 1.53. The SMILES string of the molecule is Cc1nnc(SCC2=C(C(=O)OCOC(=O)C(C)(C)C)N3C(=O)C(N)C3SC2)s1. The molecule has 9 nitrogen and oxygen atoms in total. The molecule has 2 aliphatic rings. The molecule has 2 unspecified atom stereocenters. The number of nitrogens with two attached hydrogens (primary N) is 1. The monoisotopic (exact) mass is 458 g/mol. The minimum Gasteiger partial charge on any atom is -0.427 e. The molecule has 0 bridgehead atoms. The second kappa shape index (κ2) is 8.62. The number of esters is 2. The Kier molecular flexibility index (Phi) is 6.56. The second-order valence-corrected chi connectivity index (χ2v) is 11.0. The lowest BCUT2D eigenvalue weighted by molar-refractivity contribution is -0.173. The van der Waals surface area contributed by atoms with Crippen molar-refractivity contribution in [2.24, 2.45) is 11.1 Å². The lowest BCUT2D eigenvalue weighted by Gasteiger charge is -2.48. The van der Waals surface area contributed by atoms with E-state index in [0.29, 0.717) is 11.5 Å². The van der Waals surface area contributed by atoms with Crippen LogP contribution in [0.3, 0.4) is 0 Å². The molecule has 0 spiro atoms. The first-order valence-electron chi connectivity index (χ1n) is 8.79. The van der Waals surface area contributed by atoms with Crippen LogP contribution in [-0.2, 0) is 23.9 Å². The number of aromatic nitrogens is 2. The van der Waals surface area contributed by atoms with Gasteiger partial charge in [0, 0.05) is 11.5 Å². The molecule has 1 saturated heterocycles. The van der Waals surface area contributed by atoms with Crippen molar-refractivity contribution in [1.29, 1.82) is 0 Å². The lowest BCUT2D eigenvalue weighted by Crippen LogP contribution is -2.68. The molecule has 158 valence electrons. The number of carbonyl (C=O) groups excluding carboxylic acids is 3. The largest absolute Gasteiger partial charge is 0.427 e. The van der Waals surface area contributed by atoms with Crippen molar-refractivity contribution < 1.29 is 23.9 Å². The molecule has 0 aromatic carbocycles. The number of hydrogen-bond acceptors (Lipinski definition) is 11. The summed E-state index contributed by atoms with van der Waals surface area (Å²) < 4.78 is 10.9. The van der Waals surface area contributed by atoms with Crippen LogP contribution in [0.1, 0.15) is 25.8 Å². The van der Waals surface area contributed by atoms with Crippen molar-refractivity contribution in [2.45, 2.75) is 43.5 Å². The Labute approximate surface area is 180 Å². The molecule has 3 rings (SSSR count). The van der Waals surface area contributed by atoms with Crippen molar-refractivity contribution in [1.82, 2.24) is 15.1 Å². The first-order valence-corrected chi connectivity index (χ1v) is 11.6. The zero-order valence-corrected chi connectivity index (χ0v) is 18.9. The Bertz CT molecular complexity index is 863. The molecule has 1 aromatic rings. The van der Waals surface area contributed by atoms with Gasteiger partial charge in [-0.25, -0.2) is 4.79 Å². The minimum atomic E-state index is -0.708. The average molecular weight is 459 g/mol. The van der Waals surface area contributed by atoms with Gasteiger partial charge in [0.05, 0.1) is 5.41 Å². The summed E-state index contributed by atoms with van der Waals surface area (Å²) in [7, 11) is 0. The Morgan fingerprint density at radius 3 is 2.66 bits per heavy atom. The summed E-state index contributed by atoms with van der Waals surface area (Å²) in [6.45, 7) is 6.46. The van der Waals surface area contributed by atoms with E-state index in [2.05, 4.69) is 10.2 Å². The first-order chi connectivity index (χ1) is 13.6. The Balaban J connectivity index is 1.72. The van der Waals surface area contributed by atoms with Crippen molar-refractivity contribution in [3.8, 4) is 0 Å². The average Bonchev–Trinajstić information content (AvgIpc) is 3.09. The summed E-state index contributed by atoms with van der Waals surface area (Å²) in [4.78, 5) is 38.3. The van der Waals surface area contributed by atoms with E-state index in [1.165, 1.54) is 39.8 Å². The van der Waals surface area contributed by atoms with Gasteiger partial charge in [-0.05, 0) is 33.3 Å². The molecule has 0 radical (unpaired) electrons. The first kappa shape index (κ1) is 22.1. The topological polar surface area (TPSA) is 125 Å². The number of hydrogen-bond donors (Lipinski definition) is 1. The molecule has 29 heavy (non-hydrogen) atoms. The van der Waals surface area contributed by atoms with Crippen LogP contribution in [0.15, 0.2) is 15.6 Å². The number of fused-ring (bicyclic) bond motifs is 1. The molecule has 1 amide bonds. The third kappa shape index (κ3) is 4.76. The maximum atomic E-state index is 12.7. The molecule has 12 heteroatoms. The van der Waals surface area contributed by atoms with Crippen LogP contribution in [0.25, 0.3) is 0 Å². The van der Waals surface area contributed by atoms with Gasteiger partial charge in [0.25, 0.3) is 0 Å². The van der Waals surface area contributed by atoms with E-state index in [4.69, 9.17) is 15.2 Å². The number of thioether (sulfide) groups is 2. The van der Waals surface area contributed by atoms with Crippen molar-refractivity contribution in [2.75, 3.05) is 18.3 Å². The van der Waals surface area contributed by atoms with Crippen molar-refractivity contribution >= 4 is 52.7 Å². The molecule has 1 aromatic heterocycles. The highest BCUT2D eigenvalue weighted by Crippen LogP contribution is 2.41. The number of nitrogens with zero attached hydrogens (tertiary/aromatic N) is 3. The number of carbonyl (C=O) groups is 3. The molecular weight excluding hydrogens is 436 g/mol. The maximum absolute atomic E-state index is 12.7. The summed E-state index contributed by atoms with van der Waals surface area (Å²) >= 11 is 4.41. The summed E-state index contributed by atoms with van der Waals surface area (Å²) in [5.41, 5.74) is 6.08. The summed E-state index contributed by atoms with van der Waals surface area (Å²) in [6.07, 6.45) is 0. The molecule has 3 heterocycles. The Morgan fingerprint density at radius 2 is 2.03 bits per heavy atom. The van der Waals surface area contributed by atoms with Gasteiger partial charge in [0.15, 0.2) is 4.34 Å². The van der Waals surface area contributed by atoms with Crippen LogP contribution < -0.4 is 5.73 Å². The third-order valence-corrected chi connectivity index (χ3v) is 7.57. The van der Waals surface area contributed by atoms with Crippen LogP contribution in [-0.4, -0.2) is 62.7 Å². The van der Waals surface area contributed by atoms with Gasteiger partial charge in [-0.2, -0.15) is 0 Å². The lowest BCUT2D eigenvalue weighted by atomic mass is 9.98. The number of amides is 1. The predicted molar refractivity (Wildman–Crippen MR) is 110 cm³/mol. The van der Waals surface area contributed by atoms with Gasteiger partial charge in [-0.15, -0.1) is 22.0 Å². The fourth-order valence-electron chi connectivity index (χ4n) is 2.59. The van der Waals surface area contributed by atoms with E-state index in [1.54, 1.807) is 20.8 Å². The normalized spacial score (nSPS) is 21.6. The van der Waals surface area contributed by atoms with Gasteiger partial charge < -0.3 is 15.2 Å². The smallest absolute Gasteiger partial charge is 0.357 e. The van der Waals surface area contributed by atoms with Crippen molar-refractivity contribution in [3.05, 3.63) is 16.3 Å². The van der Waals surface area contributed by atoms with Crippen LogP contribution >= 0.6 is 34.9 Å². The van der Waals surface area contributed by atoms with Gasteiger partial charge in [0.2, 0.25) is 12.7 Å². The number of ether oxygens (including phenoxy) is 2. The molecular formula is C17H22N4O5S3. The zero-order valence-electron chi connectivity index (χ0n) is 16.5. The molecule has 2 atom stereocenters. The highest BCUT2D eigenvalue weighted by Gasteiger charge is 2.52. The van der Waals surface area contributed by atoms with E-state index in [0.717, 1.165) is 14.9 Å². The maximum Gasteiger partial charge on any atom is 0.357 e.